The maximum Gasteiger partial charge on any atom is 0.268 e. The molecule has 0 aliphatic rings. The summed E-state index contributed by atoms with van der Waals surface area (Å²) in [5.74, 6) is -0.0804. The van der Waals surface area contributed by atoms with Gasteiger partial charge in [-0.2, -0.15) is 0 Å². The van der Waals surface area contributed by atoms with E-state index in [0.717, 1.165) is 3.97 Å². The Hall–Kier alpha value is -2.60. The maximum atomic E-state index is 14.1. The van der Waals surface area contributed by atoms with Gasteiger partial charge in [0.25, 0.3) is 10.0 Å². The number of rotatable bonds is 4. The molecular formula is C18H15FNO3S. The van der Waals surface area contributed by atoms with Gasteiger partial charge in [0, 0.05) is 17.8 Å². The molecule has 6 heteroatoms. The van der Waals surface area contributed by atoms with Crippen molar-refractivity contribution < 1.29 is 17.5 Å². The lowest BCUT2D eigenvalue weighted by Crippen LogP contribution is -2.13. The summed E-state index contributed by atoms with van der Waals surface area (Å²) in [5, 5.41) is 0. The van der Waals surface area contributed by atoms with Crippen LogP contribution in [-0.2, 0) is 10.0 Å². The molecule has 0 bridgehead atoms. The monoisotopic (exact) mass is 344 g/mol. The van der Waals surface area contributed by atoms with E-state index in [0.29, 0.717) is 11.3 Å². The van der Waals surface area contributed by atoms with Crippen LogP contribution >= 0.6 is 0 Å². The Morgan fingerprint density at radius 2 is 1.83 bits per heavy atom. The molecule has 0 unspecified atom stereocenters. The summed E-state index contributed by atoms with van der Waals surface area (Å²) < 4.78 is 46.2. The fourth-order valence-electron chi connectivity index (χ4n) is 2.44. The van der Waals surface area contributed by atoms with Crippen LogP contribution in [0.1, 0.15) is 5.56 Å². The smallest absolute Gasteiger partial charge is 0.268 e. The minimum Gasteiger partial charge on any atom is -0.497 e. The van der Waals surface area contributed by atoms with Crippen LogP contribution in [0.4, 0.5) is 4.39 Å². The molecule has 0 spiro atoms. The minimum absolute atomic E-state index is 0.0510. The van der Waals surface area contributed by atoms with Crippen molar-refractivity contribution in [2.24, 2.45) is 0 Å². The van der Waals surface area contributed by atoms with E-state index in [9.17, 15) is 12.8 Å². The SMILES string of the molecule is [CH2]c1cc(-c2ccccc2F)n(S(=O)(=O)c2cccc(OC)c2)c1. The Labute approximate surface area is 140 Å². The topological polar surface area (TPSA) is 48.3 Å². The van der Waals surface area contributed by atoms with Crippen molar-refractivity contribution in [3.63, 3.8) is 0 Å². The van der Waals surface area contributed by atoms with Crippen LogP contribution in [0.5, 0.6) is 5.75 Å². The van der Waals surface area contributed by atoms with Crippen LogP contribution in [0.15, 0.2) is 65.7 Å². The molecule has 0 atom stereocenters. The Balaban J connectivity index is 2.21. The maximum absolute atomic E-state index is 14.1. The molecule has 3 rings (SSSR count). The highest BCUT2D eigenvalue weighted by molar-refractivity contribution is 7.90. The van der Waals surface area contributed by atoms with E-state index < -0.39 is 15.8 Å². The van der Waals surface area contributed by atoms with Crippen LogP contribution in [0.25, 0.3) is 11.3 Å². The predicted octanol–water partition coefficient (Wildman–Crippen LogP) is 3.72. The zero-order valence-corrected chi connectivity index (χ0v) is 13.8. The molecule has 0 fully saturated rings. The summed E-state index contributed by atoms with van der Waals surface area (Å²) in [6.07, 6.45) is 1.37. The molecule has 0 saturated heterocycles. The molecule has 0 aliphatic heterocycles. The lowest BCUT2D eigenvalue weighted by Gasteiger charge is -2.12. The first kappa shape index (κ1) is 16.3. The van der Waals surface area contributed by atoms with Gasteiger partial charge in [-0.15, -0.1) is 0 Å². The molecule has 0 amide bonds. The standard InChI is InChI=1S/C18H15FNO3S/c1-13-10-18(16-8-3-4-9-17(16)19)20(12-13)24(21,22)15-7-5-6-14(11-15)23-2/h3-12H,1H2,2H3. The van der Waals surface area contributed by atoms with E-state index in [-0.39, 0.29) is 16.2 Å². The Kier molecular flexibility index (Phi) is 4.15. The highest BCUT2D eigenvalue weighted by Gasteiger charge is 2.22. The van der Waals surface area contributed by atoms with Gasteiger partial charge in [0.1, 0.15) is 11.6 Å². The largest absolute Gasteiger partial charge is 0.497 e. The van der Waals surface area contributed by atoms with Crippen molar-refractivity contribution in [3.8, 4) is 17.0 Å². The second-order valence-corrected chi connectivity index (χ2v) is 7.01. The van der Waals surface area contributed by atoms with Gasteiger partial charge >= 0.3 is 0 Å². The van der Waals surface area contributed by atoms with Gasteiger partial charge in [-0.25, -0.2) is 16.8 Å². The number of halogens is 1. The predicted molar refractivity (Wildman–Crippen MR) is 89.9 cm³/mol. The summed E-state index contributed by atoms with van der Waals surface area (Å²) >= 11 is 0. The lowest BCUT2D eigenvalue weighted by molar-refractivity contribution is 0.413. The third kappa shape index (κ3) is 2.80. The van der Waals surface area contributed by atoms with Gasteiger partial charge < -0.3 is 4.74 Å². The first-order valence-corrected chi connectivity index (χ1v) is 8.56. The quantitative estimate of drug-likeness (QED) is 0.725. The molecule has 24 heavy (non-hydrogen) atoms. The molecule has 123 valence electrons. The third-order valence-electron chi connectivity index (χ3n) is 3.59. The fraction of sp³-hybridized carbons (Fsp3) is 0.0556. The lowest BCUT2D eigenvalue weighted by atomic mass is 10.1. The minimum atomic E-state index is -3.92. The summed E-state index contributed by atoms with van der Waals surface area (Å²) in [6, 6.07) is 13.7. The van der Waals surface area contributed by atoms with Crippen molar-refractivity contribution in [1.82, 2.24) is 3.97 Å². The van der Waals surface area contributed by atoms with E-state index in [4.69, 9.17) is 4.74 Å². The third-order valence-corrected chi connectivity index (χ3v) is 5.26. The Morgan fingerprint density at radius 1 is 1.08 bits per heavy atom. The van der Waals surface area contributed by atoms with E-state index >= 15 is 0 Å². The summed E-state index contributed by atoms with van der Waals surface area (Å²) in [5.41, 5.74) is 0.888. The van der Waals surface area contributed by atoms with Gasteiger partial charge in [-0.3, -0.25) is 0 Å². The molecule has 3 aromatic rings. The van der Waals surface area contributed by atoms with Crippen LogP contribution < -0.4 is 4.74 Å². The van der Waals surface area contributed by atoms with Crippen LogP contribution in [0.3, 0.4) is 0 Å². The molecule has 2 aromatic carbocycles. The van der Waals surface area contributed by atoms with Crippen molar-refractivity contribution in [2.45, 2.75) is 4.90 Å². The zero-order valence-electron chi connectivity index (χ0n) is 12.9. The molecular weight excluding hydrogens is 329 g/mol. The first-order chi connectivity index (χ1) is 11.4. The number of nitrogens with zero attached hydrogens (tertiary/aromatic N) is 1. The zero-order chi connectivity index (χ0) is 17.3. The van der Waals surface area contributed by atoms with Crippen molar-refractivity contribution in [3.05, 3.63) is 79.1 Å². The van der Waals surface area contributed by atoms with E-state index in [1.54, 1.807) is 24.3 Å². The van der Waals surface area contributed by atoms with Crippen LogP contribution in [0, 0.1) is 12.7 Å². The number of methoxy groups -OCH3 is 1. The second kappa shape index (κ2) is 6.13. The number of aromatic nitrogens is 1. The van der Waals surface area contributed by atoms with Gasteiger partial charge in [-0.1, -0.05) is 18.2 Å². The second-order valence-electron chi connectivity index (χ2n) is 5.19. The van der Waals surface area contributed by atoms with E-state index in [1.165, 1.54) is 43.6 Å². The molecule has 1 radical (unpaired) electrons. The van der Waals surface area contributed by atoms with Crippen molar-refractivity contribution in [1.29, 1.82) is 0 Å². The van der Waals surface area contributed by atoms with E-state index in [1.807, 2.05) is 0 Å². The summed E-state index contributed by atoms with van der Waals surface area (Å²) in [7, 11) is -2.46. The van der Waals surface area contributed by atoms with E-state index in [2.05, 4.69) is 6.92 Å². The number of ether oxygens (including phenoxy) is 1. The number of benzene rings is 2. The normalized spacial score (nSPS) is 11.5. The van der Waals surface area contributed by atoms with Crippen molar-refractivity contribution >= 4 is 10.0 Å². The van der Waals surface area contributed by atoms with Gasteiger partial charge in [0.05, 0.1) is 17.7 Å². The van der Waals surface area contributed by atoms with Crippen molar-refractivity contribution in [2.75, 3.05) is 7.11 Å². The van der Waals surface area contributed by atoms with Gasteiger partial charge in [-0.05, 0) is 42.8 Å². The molecule has 1 heterocycles. The van der Waals surface area contributed by atoms with Crippen LogP contribution in [-0.4, -0.2) is 19.5 Å². The van der Waals surface area contributed by atoms with Gasteiger partial charge in [0.15, 0.2) is 0 Å². The molecule has 4 nitrogen and oxygen atoms in total. The average molecular weight is 344 g/mol. The van der Waals surface area contributed by atoms with Gasteiger partial charge in [0.2, 0.25) is 0 Å². The first-order valence-electron chi connectivity index (χ1n) is 7.12. The van der Waals surface area contributed by atoms with Crippen LogP contribution in [0.2, 0.25) is 0 Å². The highest BCUT2D eigenvalue weighted by atomic mass is 32.2. The average Bonchev–Trinajstić information content (AvgIpc) is 2.98. The molecule has 0 N–H and O–H groups in total. The summed E-state index contributed by atoms with van der Waals surface area (Å²) in [6.45, 7) is 3.77. The molecule has 1 aromatic heterocycles. The number of hydrogen-bond acceptors (Lipinski definition) is 3. The summed E-state index contributed by atoms with van der Waals surface area (Å²) in [4.78, 5) is 0.0510. The Bertz CT molecular complexity index is 993. The fourth-order valence-corrected chi connectivity index (χ4v) is 3.86. The molecule has 0 saturated carbocycles. The Morgan fingerprint density at radius 3 is 2.54 bits per heavy atom. The highest BCUT2D eigenvalue weighted by Crippen LogP contribution is 2.29. The number of hydrogen-bond donors (Lipinski definition) is 0. The molecule has 0 aliphatic carbocycles.